The van der Waals surface area contributed by atoms with Crippen molar-refractivity contribution in [2.45, 2.75) is 45.6 Å². The molecular formula is C14H27N3O3. The smallest absolute Gasteiger partial charge is 0.317 e. The number of hydrogen-bond donors (Lipinski definition) is 2. The molecule has 0 radical (unpaired) electrons. The van der Waals surface area contributed by atoms with Gasteiger partial charge in [0, 0.05) is 38.6 Å². The van der Waals surface area contributed by atoms with Crippen LogP contribution in [0.15, 0.2) is 0 Å². The molecule has 6 heteroatoms. The molecule has 1 fully saturated rings. The molecule has 0 spiro atoms. The van der Waals surface area contributed by atoms with Crippen LogP contribution in [-0.2, 0) is 4.79 Å². The van der Waals surface area contributed by atoms with Crippen molar-refractivity contribution in [3.63, 3.8) is 0 Å². The van der Waals surface area contributed by atoms with Crippen LogP contribution in [0.4, 0.5) is 4.79 Å². The van der Waals surface area contributed by atoms with E-state index in [1.54, 1.807) is 0 Å². The van der Waals surface area contributed by atoms with Gasteiger partial charge in [-0.05, 0) is 32.7 Å². The molecule has 0 aromatic rings. The molecule has 20 heavy (non-hydrogen) atoms. The lowest BCUT2D eigenvalue weighted by Crippen LogP contribution is -2.53. The summed E-state index contributed by atoms with van der Waals surface area (Å²) in [6.45, 7) is 8.61. The summed E-state index contributed by atoms with van der Waals surface area (Å²) in [6.07, 6.45) is 2.61. The monoisotopic (exact) mass is 285 g/mol. The molecule has 1 atom stereocenters. The number of carbonyl (C=O) groups is 2. The fraction of sp³-hybridized carbons (Fsp3) is 0.857. The number of piperazine rings is 1. The number of rotatable bonds is 7. The summed E-state index contributed by atoms with van der Waals surface area (Å²) in [5.41, 5.74) is 0. The zero-order chi connectivity index (χ0) is 15.0. The fourth-order valence-corrected chi connectivity index (χ4v) is 2.42. The van der Waals surface area contributed by atoms with Crippen LogP contribution in [0.1, 0.15) is 39.5 Å². The van der Waals surface area contributed by atoms with Crippen LogP contribution in [0.3, 0.4) is 0 Å². The summed E-state index contributed by atoms with van der Waals surface area (Å²) in [7, 11) is 0. The van der Waals surface area contributed by atoms with E-state index in [0.717, 1.165) is 39.1 Å². The average Bonchev–Trinajstić information content (AvgIpc) is 2.39. The highest BCUT2D eigenvalue weighted by Gasteiger charge is 2.21. The van der Waals surface area contributed by atoms with E-state index in [1.807, 2.05) is 11.8 Å². The standard InChI is InChI=1S/C14H27N3O3/c1-3-7-16-8-10-17(11-9-16)14(20)15-12(2)5-4-6-13(18)19/h12H,3-11H2,1-2H3,(H,15,20)(H,18,19). The van der Waals surface area contributed by atoms with Crippen LogP contribution in [0.25, 0.3) is 0 Å². The molecule has 1 heterocycles. The molecule has 2 amide bonds. The molecule has 1 unspecified atom stereocenters. The average molecular weight is 285 g/mol. The van der Waals surface area contributed by atoms with Gasteiger partial charge in [-0.3, -0.25) is 9.69 Å². The predicted molar refractivity (Wildman–Crippen MR) is 77.8 cm³/mol. The first-order valence-electron chi connectivity index (χ1n) is 7.52. The zero-order valence-corrected chi connectivity index (χ0v) is 12.6. The summed E-state index contributed by atoms with van der Waals surface area (Å²) in [5, 5.41) is 11.5. The summed E-state index contributed by atoms with van der Waals surface area (Å²) >= 11 is 0. The lowest BCUT2D eigenvalue weighted by molar-refractivity contribution is -0.137. The summed E-state index contributed by atoms with van der Waals surface area (Å²) in [4.78, 5) is 26.7. The quantitative estimate of drug-likeness (QED) is 0.741. The Kier molecular flexibility index (Phi) is 7.36. The predicted octanol–water partition coefficient (Wildman–Crippen LogP) is 1.37. The van der Waals surface area contributed by atoms with E-state index < -0.39 is 5.97 Å². The minimum atomic E-state index is -0.782. The number of carboxylic acids is 1. The van der Waals surface area contributed by atoms with Crippen molar-refractivity contribution in [1.29, 1.82) is 0 Å². The van der Waals surface area contributed by atoms with E-state index >= 15 is 0 Å². The Balaban J connectivity index is 2.20. The molecule has 0 bridgehead atoms. The van der Waals surface area contributed by atoms with Crippen LogP contribution >= 0.6 is 0 Å². The van der Waals surface area contributed by atoms with Crippen LogP contribution in [0, 0.1) is 0 Å². The Labute approximate surface area is 121 Å². The Bertz CT molecular complexity index is 315. The van der Waals surface area contributed by atoms with Crippen molar-refractivity contribution in [2.75, 3.05) is 32.7 Å². The Hall–Kier alpha value is -1.30. The number of aliphatic carboxylic acids is 1. The Morgan fingerprint density at radius 2 is 1.90 bits per heavy atom. The first-order valence-corrected chi connectivity index (χ1v) is 7.52. The summed E-state index contributed by atoms with van der Waals surface area (Å²) in [6, 6.07) is -0.000468. The highest BCUT2D eigenvalue weighted by atomic mass is 16.4. The summed E-state index contributed by atoms with van der Waals surface area (Å²) in [5.74, 6) is -0.782. The molecule has 0 saturated carbocycles. The highest BCUT2D eigenvalue weighted by molar-refractivity contribution is 5.74. The van der Waals surface area contributed by atoms with Crippen LogP contribution in [0.2, 0.25) is 0 Å². The van der Waals surface area contributed by atoms with Gasteiger partial charge in [0.2, 0.25) is 0 Å². The van der Waals surface area contributed by atoms with Gasteiger partial charge >= 0.3 is 12.0 Å². The minimum absolute atomic E-state index is 0.0236. The molecule has 1 rings (SSSR count). The number of urea groups is 1. The number of carboxylic acid groups (broad SMARTS) is 1. The molecule has 0 aliphatic carbocycles. The van der Waals surface area contributed by atoms with Crippen molar-refractivity contribution in [1.82, 2.24) is 15.1 Å². The summed E-state index contributed by atoms with van der Waals surface area (Å²) < 4.78 is 0. The third-order valence-electron chi connectivity index (χ3n) is 3.60. The first-order chi connectivity index (χ1) is 9.52. The van der Waals surface area contributed by atoms with Crippen LogP contribution in [0.5, 0.6) is 0 Å². The molecule has 1 aliphatic rings. The molecule has 2 N–H and O–H groups in total. The van der Waals surface area contributed by atoms with Gasteiger partial charge < -0.3 is 15.3 Å². The number of nitrogens with zero attached hydrogens (tertiary/aromatic N) is 2. The maximum Gasteiger partial charge on any atom is 0.317 e. The molecule has 6 nitrogen and oxygen atoms in total. The van der Waals surface area contributed by atoms with Gasteiger partial charge in [0.15, 0.2) is 0 Å². The minimum Gasteiger partial charge on any atom is -0.481 e. The first kappa shape index (κ1) is 16.8. The maximum atomic E-state index is 12.1. The lowest BCUT2D eigenvalue weighted by Gasteiger charge is -2.35. The van der Waals surface area contributed by atoms with E-state index in [1.165, 1.54) is 0 Å². The normalized spacial score (nSPS) is 17.8. The van der Waals surface area contributed by atoms with Crippen molar-refractivity contribution < 1.29 is 14.7 Å². The van der Waals surface area contributed by atoms with Crippen LogP contribution in [-0.4, -0.2) is 65.7 Å². The van der Waals surface area contributed by atoms with E-state index in [4.69, 9.17) is 5.11 Å². The van der Waals surface area contributed by atoms with Gasteiger partial charge in [0.1, 0.15) is 0 Å². The van der Waals surface area contributed by atoms with Crippen molar-refractivity contribution in [3.8, 4) is 0 Å². The maximum absolute atomic E-state index is 12.1. The second-order valence-corrected chi connectivity index (χ2v) is 5.47. The van der Waals surface area contributed by atoms with E-state index in [-0.39, 0.29) is 18.5 Å². The topological polar surface area (TPSA) is 72.9 Å². The van der Waals surface area contributed by atoms with Gasteiger partial charge in [-0.15, -0.1) is 0 Å². The molecule has 0 aromatic heterocycles. The molecular weight excluding hydrogens is 258 g/mol. The van der Waals surface area contributed by atoms with Gasteiger partial charge in [-0.1, -0.05) is 6.92 Å². The fourth-order valence-electron chi connectivity index (χ4n) is 2.42. The van der Waals surface area contributed by atoms with Crippen molar-refractivity contribution >= 4 is 12.0 Å². The number of hydrogen-bond acceptors (Lipinski definition) is 3. The lowest BCUT2D eigenvalue weighted by atomic mass is 10.1. The van der Waals surface area contributed by atoms with Gasteiger partial charge in [0.25, 0.3) is 0 Å². The molecule has 1 aliphatic heterocycles. The van der Waals surface area contributed by atoms with E-state index in [9.17, 15) is 9.59 Å². The van der Waals surface area contributed by atoms with Crippen molar-refractivity contribution in [3.05, 3.63) is 0 Å². The SMILES string of the molecule is CCCN1CCN(C(=O)NC(C)CCCC(=O)O)CC1. The number of carbonyl (C=O) groups excluding carboxylic acids is 1. The van der Waals surface area contributed by atoms with Gasteiger partial charge in [-0.2, -0.15) is 0 Å². The molecule has 1 saturated heterocycles. The molecule has 116 valence electrons. The number of nitrogens with one attached hydrogen (secondary N) is 1. The second kappa shape index (κ2) is 8.79. The van der Waals surface area contributed by atoms with Gasteiger partial charge in [0.05, 0.1) is 0 Å². The largest absolute Gasteiger partial charge is 0.481 e. The zero-order valence-electron chi connectivity index (χ0n) is 12.6. The van der Waals surface area contributed by atoms with Crippen LogP contribution < -0.4 is 5.32 Å². The second-order valence-electron chi connectivity index (χ2n) is 5.47. The Morgan fingerprint density at radius 1 is 1.25 bits per heavy atom. The van der Waals surface area contributed by atoms with E-state index in [2.05, 4.69) is 17.1 Å². The van der Waals surface area contributed by atoms with Crippen molar-refractivity contribution in [2.24, 2.45) is 0 Å². The third-order valence-corrected chi connectivity index (χ3v) is 3.60. The Morgan fingerprint density at radius 3 is 2.45 bits per heavy atom. The number of amides is 2. The highest BCUT2D eigenvalue weighted by Crippen LogP contribution is 2.05. The van der Waals surface area contributed by atoms with E-state index in [0.29, 0.717) is 12.8 Å². The molecule has 0 aromatic carbocycles. The third kappa shape index (κ3) is 6.23. The van der Waals surface area contributed by atoms with Gasteiger partial charge in [-0.25, -0.2) is 4.79 Å².